The molecule has 3 aromatic heterocycles. The van der Waals surface area contributed by atoms with Crippen molar-refractivity contribution in [2.45, 2.75) is 64.1 Å². The number of carboxylic acid groups (broad SMARTS) is 1. The fourth-order valence-corrected chi connectivity index (χ4v) is 5.41. The second-order valence-corrected chi connectivity index (χ2v) is 16.2. The van der Waals surface area contributed by atoms with Gasteiger partial charge in [0.25, 0.3) is 0 Å². The summed E-state index contributed by atoms with van der Waals surface area (Å²) < 4.78 is 9.61. The van der Waals surface area contributed by atoms with E-state index >= 15 is 0 Å². The zero-order valence-electron chi connectivity index (χ0n) is 19.6. The van der Waals surface area contributed by atoms with Crippen LogP contribution in [0.5, 0.6) is 0 Å². The number of aliphatic carboxylic acids is 1. The summed E-state index contributed by atoms with van der Waals surface area (Å²) in [5.41, 5.74) is 0.899. The summed E-state index contributed by atoms with van der Waals surface area (Å²) in [5.74, 6) is -0.839. The largest absolute Gasteiger partial charge is 0.481 e. The van der Waals surface area contributed by atoms with E-state index in [1.165, 1.54) is 6.33 Å². The number of hydrogen-bond acceptors (Lipinski definition) is 6. The Morgan fingerprint density at radius 1 is 1.33 bits per heavy atom. The number of carbonyl (C=O) groups is 1. The van der Waals surface area contributed by atoms with Crippen LogP contribution < -0.4 is 0 Å². The van der Waals surface area contributed by atoms with Crippen molar-refractivity contribution >= 4 is 25.1 Å². The zero-order valence-corrected chi connectivity index (χ0v) is 20.6. The van der Waals surface area contributed by atoms with Gasteiger partial charge in [-0.15, -0.1) is 0 Å². The van der Waals surface area contributed by atoms with Gasteiger partial charge in [-0.25, -0.2) is 9.97 Å². The van der Waals surface area contributed by atoms with Crippen molar-refractivity contribution in [1.82, 2.24) is 24.3 Å². The Labute approximate surface area is 194 Å². The SMILES string of the molecule is CC1(C(=O)O)CC(CC#N)(n2cc(-c3ncnc4c3ccn4COCC[Si](C)(C)C)cn2)C1. The number of nitriles is 1. The van der Waals surface area contributed by atoms with Crippen molar-refractivity contribution in [1.29, 1.82) is 5.26 Å². The van der Waals surface area contributed by atoms with Gasteiger partial charge in [0.05, 0.1) is 35.3 Å². The van der Waals surface area contributed by atoms with Crippen molar-refractivity contribution in [3.05, 3.63) is 31.0 Å². The van der Waals surface area contributed by atoms with Crippen LogP contribution in [0.2, 0.25) is 25.7 Å². The molecule has 3 aromatic rings. The van der Waals surface area contributed by atoms with Gasteiger partial charge in [0, 0.05) is 38.0 Å². The van der Waals surface area contributed by atoms with E-state index in [1.54, 1.807) is 17.8 Å². The minimum atomic E-state index is -1.14. The first-order valence-electron chi connectivity index (χ1n) is 11.1. The molecule has 1 aliphatic rings. The highest BCUT2D eigenvalue weighted by Crippen LogP contribution is 2.54. The van der Waals surface area contributed by atoms with Gasteiger partial charge in [-0.1, -0.05) is 19.6 Å². The van der Waals surface area contributed by atoms with Gasteiger partial charge < -0.3 is 14.4 Å². The molecule has 1 fully saturated rings. The van der Waals surface area contributed by atoms with Crippen LogP contribution in [0.15, 0.2) is 31.0 Å². The summed E-state index contributed by atoms with van der Waals surface area (Å²) in [6.07, 6.45) is 8.01. The second kappa shape index (κ2) is 8.39. The third-order valence-electron chi connectivity index (χ3n) is 6.49. The lowest BCUT2D eigenvalue weighted by Gasteiger charge is -2.51. The first-order chi connectivity index (χ1) is 15.6. The van der Waals surface area contributed by atoms with E-state index in [4.69, 9.17) is 4.74 Å². The average Bonchev–Trinajstić information content (AvgIpc) is 3.37. The van der Waals surface area contributed by atoms with Crippen LogP contribution in [0, 0.1) is 16.7 Å². The quantitative estimate of drug-likeness (QED) is 0.372. The van der Waals surface area contributed by atoms with Gasteiger partial charge in [0.15, 0.2) is 0 Å². The molecule has 1 saturated carbocycles. The van der Waals surface area contributed by atoms with Crippen LogP contribution in [0.25, 0.3) is 22.3 Å². The summed E-state index contributed by atoms with van der Waals surface area (Å²) in [7, 11) is -1.14. The van der Waals surface area contributed by atoms with Crippen LogP contribution in [0.3, 0.4) is 0 Å². The lowest BCUT2D eigenvalue weighted by atomic mass is 9.57. The summed E-state index contributed by atoms with van der Waals surface area (Å²) >= 11 is 0. The molecule has 0 bridgehead atoms. The molecule has 1 aliphatic carbocycles. The maximum Gasteiger partial charge on any atom is 0.309 e. The lowest BCUT2D eigenvalue weighted by molar-refractivity contribution is -0.162. The zero-order chi connectivity index (χ0) is 23.9. The number of hydrogen-bond donors (Lipinski definition) is 1. The Morgan fingerprint density at radius 3 is 2.76 bits per heavy atom. The molecule has 4 rings (SSSR count). The molecule has 0 aliphatic heterocycles. The number of nitrogens with zero attached hydrogens (tertiary/aromatic N) is 6. The second-order valence-electron chi connectivity index (χ2n) is 10.5. The normalized spacial score (nSPS) is 22.8. The summed E-state index contributed by atoms with van der Waals surface area (Å²) in [5, 5.41) is 24.3. The first kappa shape index (κ1) is 23.1. The lowest BCUT2D eigenvalue weighted by Crippen LogP contribution is -2.55. The third kappa shape index (κ3) is 4.43. The molecule has 33 heavy (non-hydrogen) atoms. The van der Waals surface area contributed by atoms with Gasteiger partial charge in [-0.2, -0.15) is 10.4 Å². The fraction of sp³-hybridized carbons (Fsp3) is 0.522. The van der Waals surface area contributed by atoms with E-state index in [0.29, 0.717) is 19.6 Å². The topological polar surface area (TPSA) is 119 Å². The highest BCUT2D eigenvalue weighted by Gasteiger charge is 2.57. The molecule has 1 N–H and O–H groups in total. The number of aromatic nitrogens is 5. The van der Waals surface area contributed by atoms with Crippen LogP contribution in [0.4, 0.5) is 0 Å². The number of ether oxygens (including phenoxy) is 1. The Balaban J connectivity index is 1.56. The van der Waals surface area contributed by atoms with Crippen molar-refractivity contribution in [3.63, 3.8) is 0 Å². The first-order valence-corrected chi connectivity index (χ1v) is 14.8. The number of fused-ring (bicyclic) bond motifs is 1. The third-order valence-corrected chi connectivity index (χ3v) is 8.19. The molecule has 0 amide bonds. The Bertz CT molecular complexity index is 1210. The summed E-state index contributed by atoms with van der Waals surface area (Å²) in [6.45, 7) is 9.87. The Hall–Kier alpha value is -3.03. The molecule has 10 heteroatoms. The predicted octanol–water partition coefficient (Wildman–Crippen LogP) is 4.10. The van der Waals surface area contributed by atoms with Gasteiger partial charge in [-0.05, 0) is 31.9 Å². The van der Waals surface area contributed by atoms with E-state index in [1.807, 2.05) is 23.0 Å². The van der Waals surface area contributed by atoms with E-state index in [9.17, 15) is 15.2 Å². The predicted molar refractivity (Wildman–Crippen MR) is 126 cm³/mol. The number of carboxylic acids is 1. The van der Waals surface area contributed by atoms with Crippen LogP contribution in [-0.4, -0.2) is 50.1 Å². The molecule has 0 aromatic carbocycles. The van der Waals surface area contributed by atoms with E-state index < -0.39 is 25.0 Å². The molecule has 174 valence electrons. The fourth-order valence-electron chi connectivity index (χ4n) is 4.65. The smallest absolute Gasteiger partial charge is 0.309 e. The van der Waals surface area contributed by atoms with Crippen LogP contribution in [-0.2, 0) is 21.8 Å². The van der Waals surface area contributed by atoms with Crippen molar-refractivity contribution in [3.8, 4) is 17.3 Å². The van der Waals surface area contributed by atoms with Crippen molar-refractivity contribution < 1.29 is 14.6 Å². The highest BCUT2D eigenvalue weighted by molar-refractivity contribution is 6.76. The molecule has 3 heterocycles. The molecule has 0 spiro atoms. The average molecular weight is 467 g/mol. The molecule has 9 nitrogen and oxygen atoms in total. The molecular formula is C23H30N6O3Si. The van der Waals surface area contributed by atoms with E-state index in [2.05, 4.69) is 40.8 Å². The minimum Gasteiger partial charge on any atom is -0.481 e. The Morgan fingerprint density at radius 2 is 2.09 bits per heavy atom. The monoisotopic (exact) mass is 466 g/mol. The molecule has 0 radical (unpaired) electrons. The number of rotatable bonds is 9. The minimum absolute atomic E-state index is 0.210. The maximum absolute atomic E-state index is 11.6. The molecule has 0 unspecified atom stereocenters. The van der Waals surface area contributed by atoms with Gasteiger partial charge in [0.2, 0.25) is 0 Å². The molecule has 0 saturated heterocycles. The van der Waals surface area contributed by atoms with E-state index in [0.717, 1.165) is 34.9 Å². The summed E-state index contributed by atoms with van der Waals surface area (Å²) in [6, 6.07) is 5.29. The van der Waals surface area contributed by atoms with E-state index in [-0.39, 0.29) is 6.42 Å². The van der Waals surface area contributed by atoms with Gasteiger partial charge in [-0.3, -0.25) is 9.48 Å². The standard InChI is InChI=1S/C23H30N6O3Si/c1-22(21(30)31)13-23(14-22,6-7-24)29-12-17(11-27-29)19-18-5-8-28(20(18)26-15-25-19)16-32-9-10-33(2,3)4/h5,8,11-12,15H,6,9-10,13-14,16H2,1-4H3,(H,30,31). The highest BCUT2D eigenvalue weighted by atomic mass is 28.3. The van der Waals surface area contributed by atoms with Gasteiger partial charge in [0.1, 0.15) is 18.7 Å². The van der Waals surface area contributed by atoms with Crippen LogP contribution >= 0.6 is 0 Å². The van der Waals surface area contributed by atoms with Crippen LogP contribution in [0.1, 0.15) is 26.2 Å². The summed E-state index contributed by atoms with van der Waals surface area (Å²) in [4.78, 5) is 20.5. The Kier molecular flexibility index (Phi) is 5.88. The van der Waals surface area contributed by atoms with Crippen molar-refractivity contribution in [2.75, 3.05) is 6.61 Å². The van der Waals surface area contributed by atoms with Gasteiger partial charge >= 0.3 is 5.97 Å². The maximum atomic E-state index is 11.6. The molecular weight excluding hydrogens is 436 g/mol. The van der Waals surface area contributed by atoms with Crippen molar-refractivity contribution in [2.24, 2.45) is 5.41 Å². The molecule has 0 atom stereocenters.